The number of carbonyl (C=O) groups is 1. The molecule has 0 radical (unpaired) electrons. The van der Waals surface area contributed by atoms with E-state index in [2.05, 4.69) is 11.8 Å². The third-order valence-corrected chi connectivity index (χ3v) is 2.75. The zero-order valence-corrected chi connectivity index (χ0v) is 8.92. The lowest BCUT2D eigenvalue weighted by atomic mass is 10.0. The Balaban J connectivity index is 2.58. The number of rotatable bonds is 2. The predicted molar refractivity (Wildman–Crippen MR) is 53.6 cm³/mol. The molecule has 1 rings (SSSR count). The lowest BCUT2D eigenvalue weighted by molar-refractivity contribution is -0.135. The third kappa shape index (κ3) is 2.44. The highest BCUT2D eigenvalue weighted by Crippen LogP contribution is 2.17. The van der Waals surface area contributed by atoms with Gasteiger partial charge in [-0.05, 0) is 25.9 Å². The summed E-state index contributed by atoms with van der Waals surface area (Å²) in [4.78, 5) is 15.7. The van der Waals surface area contributed by atoms with Gasteiger partial charge in [0.2, 0.25) is 5.91 Å². The largest absolute Gasteiger partial charge is 0.347 e. The van der Waals surface area contributed by atoms with Crippen LogP contribution in [0.4, 0.5) is 0 Å². The molecule has 3 heteroatoms. The van der Waals surface area contributed by atoms with E-state index in [9.17, 15) is 4.79 Å². The van der Waals surface area contributed by atoms with Gasteiger partial charge in [0.25, 0.3) is 0 Å². The molecule has 0 aromatic heterocycles. The Kier molecular flexibility index (Phi) is 3.72. The van der Waals surface area contributed by atoms with Crippen LogP contribution >= 0.6 is 0 Å². The third-order valence-electron chi connectivity index (χ3n) is 2.75. The van der Waals surface area contributed by atoms with Crippen molar-refractivity contribution >= 4 is 5.91 Å². The molecule has 0 saturated carbocycles. The minimum Gasteiger partial charge on any atom is -0.347 e. The minimum absolute atomic E-state index is 0.147. The van der Waals surface area contributed by atoms with Crippen molar-refractivity contribution in [3.63, 3.8) is 0 Å². The molecule has 0 aromatic carbocycles. The van der Waals surface area contributed by atoms with E-state index in [-0.39, 0.29) is 11.9 Å². The van der Waals surface area contributed by atoms with E-state index < -0.39 is 0 Å². The second-order valence-corrected chi connectivity index (χ2v) is 3.87. The Morgan fingerprint density at radius 3 is 2.69 bits per heavy atom. The molecular formula is C10H20N2O. The van der Waals surface area contributed by atoms with E-state index in [0.29, 0.717) is 0 Å². The van der Waals surface area contributed by atoms with Crippen LogP contribution in [0.1, 0.15) is 26.2 Å². The van der Waals surface area contributed by atoms with Crippen molar-refractivity contribution in [1.82, 2.24) is 9.80 Å². The van der Waals surface area contributed by atoms with Crippen molar-refractivity contribution in [2.45, 2.75) is 32.2 Å². The van der Waals surface area contributed by atoms with Gasteiger partial charge in [-0.3, -0.25) is 9.69 Å². The van der Waals surface area contributed by atoms with E-state index in [1.165, 1.54) is 12.8 Å². The summed E-state index contributed by atoms with van der Waals surface area (Å²) in [6.07, 6.45) is 3.47. The average molecular weight is 184 g/mol. The maximum absolute atomic E-state index is 11.8. The molecule has 1 heterocycles. The molecule has 13 heavy (non-hydrogen) atoms. The van der Waals surface area contributed by atoms with Gasteiger partial charge in [0.1, 0.15) is 0 Å². The molecule has 0 aromatic rings. The van der Waals surface area contributed by atoms with Gasteiger partial charge in [-0.1, -0.05) is 13.3 Å². The summed E-state index contributed by atoms with van der Waals surface area (Å²) in [7, 11) is 3.68. The fourth-order valence-electron chi connectivity index (χ4n) is 1.95. The SMILES string of the molecule is CCN1CCCCC1C(=O)N(C)C. The highest BCUT2D eigenvalue weighted by molar-refractivity contribution is 5.81. The van der Waals surface area contributed by atoms with Crippen LogP contribution in [-0.2, 0) is 4.79 Å². The number of carbonyl (C=O) groups excluding carboxylic acids is 1. The highest BCUT2D eigenvalue weighted by atomic mass is 16.2. The molecule has 0 spiro atoms. The quantitative estimate of drug-likeness (QED) is 0.638. The Morgan fingerprint density at radius 2 is 2.15 bits per heavy atom. The normalized spacial score (nSPS) is 24.4. The number of likely N-dealkylation sites (tertiary alicyclic amines) is 1. The number of likely N-dealkylation sites (N-methyl/N-ethyl adjacent to an activating group) is 2. The molecule has 1 fully saturated rings. The van der Waals surface area contributed by atoms with Crippen LogP contribution in [0.15, 0.2) is 0 Å². The summed E-state index contributed by atoms with van der Waals surface area (Å²) in [6, 6.07) is 0.147. The summed E-state index contributed by atoms with van der Waals surface area (Å²) in [6.45, 7) is 4.20. The predicted octanol–water partition coefficient (Wildman–Crippen LogP) is 0.949. The first-order valence-corrected chi connectivity index (χ1v) is 5.12. The topological polar surface area (TPSA) is 23.6 Å². The van der Waals surface area contributed by atoms with Crippen LogP contribution in [0, 0.1) is 0 Å². The van der Waals surface area contributed by atoms with Gasteiger partial charge in [0.05, 0.1) is 6.04 Å². The summed E-state index contributed by atoms with van der Waals surface area (Å²) in [5.74, 6) is 0.265. The van der Waals surface area contributed by atoms with Gasteiger partial charge in [-0.15, -0.1) is 0 Å². The van der Waals surface area contributed by atoms with Crippen molar-refractivity contribution in [3.8, 4) is 0 Å². The summed E-state index contributed by atoms with van der Waals surface area (Å²) in [5, 5.41) is 0. The second-order valence-electron chi connectivity index (χ2n) is 3.87. The van der Waals surface area contributed by atoms with E-state index in [1.807, 2.05) is 14.1 Å². The fourth-order valence-corrected chi connectivity index (χ4v) is 1.95. The van der Waals surface area contributed by atoms with Crippen molar-refractivity contribution in [2.75, 3.05) is 27.2 Å². The van der Waals surface area contributed by atoms with Crippen LogP contribution < -0.4 is 0 Å². The van der Waals surface area contributed by atoms with E-state index in [4.69, 9.17) is 0 Å². The molecule has 1 amide bonds. The minimum atomic E-state index is 0.147. The van der Waals surface area contributed by atoms with Gasteiger partial charge < -0.3 is 4.90 Å². The lowest BCUT2D eigenvalue weighted by Gasteiger charge is -2.35. The molecular weight excluding hydrogens is 164 g/mol. The number of amides is 1. The van der Waals surface area contributed by atoms with Crippen LogP contribution in [0.5, 0.6) is 0 Å². The van der Waals surface area contributed by atoms with Crippen LogP contribution in [0.25, 0.3) is 0 Å². The zero-order chi connectivity index (χ0) is 9.84. The standard InChI is InChI=1S/C10H20N2O/c1-4-12-8-6-5-7-9(12)10(13)11(2)3/h9H,4-8H2,1-3H3. The van der Waals surface area contributed by atoms with Gasteiger partial charge in [0.15, 0.2) is 0 Å². The van der Waals surface area contributed by atoms with Crippen molar-refractivity contribution in [2.24, 2.45) is 0 Å². The number of hydrogen-bond acceptors (Lipinski definition) is 2. The van der Waals surface area contributed by atoms with Gasteiger partial charge >= 0.3 is 0 Å². The molecule has 1 aliphatic rings. The molecule has 1 aliphatic heterocycles. The average Bonchev–Trinajstić information content (AvgIpc) is 2.16. The Hall–Kier alpha value is -0.570. The van der Waals surface area contributed by atoms with Gasteiger partial charge in [-0.25, -0.2) is 0 Å². The molecule has 76 valence electrons. The van der Waals surface area contributed by atoms with Gasteiger partial charge in [-0.2, -0.15) is 0 Å². The van der Waals surface area contributed by atoms with Crippen molar-refractivity contribution in [1.29, 1.82) is 0 Å². The molecule has 0 bridgehead atoms. The Labute approximate surface area is 80.7 Å². The number of piperidine rings is 1. The number of nitrogens with zero attached hydrogens (tertiary/aromatic N) is 2. The van der Waals surface area contributed by atoms with Crippen molar-refractivity contribution in [3.05, 3.63) is 0 Å². The Morgan fingerprint density at radius 1 is 1.46 bits per heavy atom. The zero-order valence-electron chi connectivity index (χ0n) is 8.92. The first kappa shape index (κ1) is 10.5. The van der Waals surface area contributed by atoms with E-state index in [0.717, 1.165) is 19.5 Å². The molecule has 1 atom stereocenters. The van der Waals surface area contributed by atoms with Crippen LogP contribution in [0.3, 0.4) is 0 Å². The smallest absolute Gasteiger partial charge is 0.239 e. The summed E-state index contributed by atoms with van der Waals surface area (Å²) >= 11 is 0. The maximum Gasteiger partial charge on any atom is 0.239 e. The Bertz CT molecular complexity index is 180. The van der Waals surface area contributed by atoms with Crippen molar-refractivity contribution < 1.29 is 4.79 Å². The summed E-state index contributed by atoms with van der Waals surface area (Å²) in [5.41, 5.74) is 0. The van der Waals surface area contributed by atoms with E-state index in [1.54, 1.807) is 4.90 Å². The molecule has 0 aliphatic carbocycles. The highest BCUT2D eigenvalue weighted by Gasteiger charge is 2.28. The first-order chi connectivity index (χ1) is 6.16. The van der Waals surface area contributed by atoms with Crippen LogP contribution in [-0.4, -0.2) is 48.9 Å². The number of hydrogen-bond donors (Lipinski definition) is 0. The molecule has 0 N–H and O–H groups in total. The second kappa shape index (κ2) is 4.61. The fraction of sp³-hybridized carbons (Fsp3) is 0.900. The van der Waals surface area contributed by atoms with E-state index >= 15 is 0 Å². The molecule has 1 saturated heterocycles. The monoisotopic (exact) mass is 184 g/mol. The van der Waals surface area contributed by atoms with Gasteiger partial charge in [0, 0.05) is 14.1 Å². The molecule has 1 unspecified atom stereocenters. The molecule has 3 nitrogen and oxygen atoms in total. The van der Waals surface area contributed by atoms with Crippen LogP contribution in [0.2, 0.25) is 0 Å². The maximum atomic E-state index is 11.8. The first-order valence-electron chi connectivity index (χ1n) is 5.12. The lowest BCUT2D eigenvalue weighted by Crippen LogP contribution is -2.48. The summed E-state index contributed by atoms with van der Waals surface area (Å²) < 4.78 is 0.